The molecule has 0 N–H and O–H groups in total. The molecule has 4 heteroatoms. The molecule has 0 unspecified atom stereocenters. The van der Waals surface area contributed by atoms with Crippen LogP contribution in [0.4, 0.5) is 0 Å². The highest BCUT2D eigenvalue weighted by Crippen LogP contribution is 2.28. The van der Waals surface area contributed by atoms with E-state index >= 15 is 0 Å². The van der Waals surface area contributed by atoms with E-state index in [2.05, 4.69) is 23.6 Å². The molecule has 114 valence electrons. The molecule has 3 rings (SSSR count). The predicted octanol–water partition coefficient (Wildman–Crippen LogP) is 4.90. The van der Waals surface area contributed by atoms with Crippen molar-refractivity contribution in [3.05, 3.63) is 59.2 Å². The Bertz CT molecular complexity index is 795. The number of rotatable bonds is 5. The van der Waals surface area contributed by atoms with Crippen molar-refractivity contribution in [1.82, 2.24) is 4.57 Å². The quantitative estimate of drug-likeness (QED) is 0.668. The third-order valence-corrected chi connectivity index (χ3v) is 4.05. The molecule has 0 aliphatic rings. The minimum Gasteiger partial charge on any atom is -0.497 e. The number of ether oxygens (including phenoxy) is 2. The molecule has 0 spiro atoms. The molecule has 3 nitrogen and oxygen atoms in total. The van der Waals surface area contributed by atoms with Gasteiger partial charge in [-0.25, -0.2) is 0 Å². The van der Waals surface area contributed by atoms with Gasteiger partial charge in [-0.15, -0.1) is 0 Å². The van der Waals surface area contributed by atoms with Gasteiger partial charge in [-0.1, -0.05) is 23.7 Å². The normalized spacial score (nSPS) is 10.9. The van der Waals surface area contributed by atoms with Crippen LogP contribution in [-0.4, -0.2) is 11.7 Å². The Balaban J connectivity index is 1.88. The topological polar surface area (TPSA) is 23.4 Å². The van der Waals surface area contributed by atoms with E-state index in [9.17, 15) is 0 Å². The van der Waals surface area contributed by atoms with Gasteiger partial charge >= 0.3 is 0 Å². The van der Waals surface area contributed by atoms with E-state index in [1.165, 1.54) is 0 Å². The maximum atomic E-state index is 6.29. The number of fused-ring (bicyclic) bond motifs is 1. The molecule has 0 fully saturated rings. The fraction of sp³-hybridized carbons (Fsp3) is 0.222. The molecular formula is C18H18ClNO2. The van der Waals surface area contributed by atoms with Crippen LogP contribution < -0.4 is 9.47 Å². The van der Waals surface area contributed by atoms with Crippen molar-refractivity contribution in [2.45, 2.75) is 20.1 Å². The third-order valence-electron chi connectivity index (χ3n) is 3.72. The molecule has 3 aromatic rings. The molecular weight excluding hydrogens is 298 g/mol. The largest absolute Gasteiger partial charge is 0.497 e. The van der Waals surface area contributed by atoms with Gasteiger partial charge in [0.15, 0.2) is 0 Å². The maximum Gasteiger partial charge on any atom is 0.128 e. The summed E-state index contributed by atoms with van der Waals surface area (Å²) in [4.78, 5) is 0. The molecule has 0 aliphatic heterocycles. The summed E-state index contributed by atoms with van der Waals surface area (Å²) in [5, 5.41) is 1.84. The first-order valence-electron chi connectivity index (χ1n) is 7.26. The first kappa shape index (κ1) is 14.8. The number of aryl methyl sites for hydroxylation is 1. The van der Waals surface area contributed by atoms with Crippen LogP contribution >= 0.6 is 11.6 Å². The van der Waals surface area contributed by atoms with E-state index in [-0.39, 0.29) is 0 Å². The standard InChI is InChI=1S/C18H18ClNO2/c1-3-20-13(10-16-17(19)8-5-9-18(16)20)12-22-15-7-4-6-14(11-15)21-2/h4-11H,3,12H2,1-2H3. The lowest BCUT2D eigenvalue weighted by atomic mass is 10.2. The van der Waals surface area contributed by atoms with E-state index in [1.807, 2.05) is 36.4 Å². The Hall–Kier alpha value is -2.13. The number of nitrogens with zero attached hydrogens (tertiary/aromatic N) is 1. The molecule has 1 aromatic heterocycles. The highest BCUT2D eigenvalue weighted by atomic mass is 35.5. The average molecular weight is 316 g/mol. The molecule has 0 aliphatic carbocycles. The number of halogens is 1. The molecule has 0 bridgehead atoms. The summed E-state index contributed by atoms with van der Waals surface area (Å²) < 4.78 is 13.3. The smallest absolute Gasteiger partial charge is 0.128 e. The summed E-state index contributed by atoms with van der Waals surface area (Å²) >= 11 is 6.29. The highest BCUT2D eigenvalue weighted by molar-refractivity contribution is 6.35. The van der Waals surface area contributed by atoms with Crippen LogP contribution in [0.3, 0.4) is 0 Å². The zero-order valence-electron chi connectivity index (χ0n) is 12.7. The Labute approximate surface area is 135 Å². The molecule has 0 saturated carbocycles. The summed E-state index contributed by atoms with van der Waals surface area (Å²) in [5.74, 6) is 1.58. The van der Waals surface area contributed by atoms with Crippen LogP contribution in [0.5, 0.6) is 11.5 Å². The predicted molar refractivity (Wildman–Crippen MR) is 89.9 cm³/mol. The lowest BCUT2D eigenvalue weighted by molar-refractivity contribution is 0.294. The van der Waals surface area contributed by atoms with Crippen LogP contribution in [0, 0.1) is 0 Å². The second-order valence-electron chi connectivity index (χ2n) is 5.02. The first-order valence-corrected chi connectivity index (χ1v) is 7.64. The van der Waals surface area contributed by atoms with Crippen molar-refractivity contribution in [3.8, 4) is 11.5 Å². The van der Waals surface area contributed by atoms with Gasteiger partial charge in [-0.05, 0) is 37.3 Å². The summed E-state index contributed by atoms with van der Waals surface area (Å²) in [7, 11) is 1.65. The van der Waals surface area contributed by atoms with Crippen molar-refractivity contribution in [1.29, 1.82) is 0 Å². The third kappa shape index (κ3) is 2.77. The second kappa shape index (κ2) is 6.32. The van der Waals surface area contributed by atoms with Crippen LogP contribution in [0.2, 0.25) is 5.02 Å². The second-order valence-corrected chi connectivity index (χ2v) is 5.43. The van der Waals surface area contributed by atoms with Crippen molar-refractivity contribution in [2.75, 3.05) is 7.11 Å². The Kier molecular flexibility index (Phi) is 4.25. The summed E-state index contributed by atoms with van der Waals surface area (Å²) in [5.41, 5.74) is 2.24. The van der Waals surface area contributed by atoms with E-state index in [1.54, 1.807) is 7.11 Å². The van der Waals surface area contributed by atoms with Gasteiger partial charge < -0.3 is 14.0 Å². The summed E-state index contributed by atoms with van der Waals surface area (Å²) in [6.07, 6.45) is 0. The molecule has 22 heavy (non-hydrogen) atoms. The minimum atomic E-state index is 0.492. The highest BCUT2D eigenvalue weighted by Gasteiger charge is 2.10. The molecule has 0 atom stereocenters. The summed E-state index contributed by atoms with van der Waals surface area (Å²) in [6, 6.07) is 15.7. The van der Waals surface area contributed by atoms with Crippen LogP contribution in [0.1, 0.15) is 12.6 Å². The number of hydrogen-bond donors (Lipinski definition) is 0. The van der Waals surface area contributed by atoms with Crippen molar-refractivity contribution in [3.63, 3.8) is 0 Å². The molecule has 0 amide bonds. The van der Waals surface area contributed by atoms with Gasteiger partial charge in [0.05, 0.1) is 12.8 Å². The van der Waals surface area contributed by atoms with E-state index in [4.69, 9.17) is 21.1 Å². The number of methoxy groups -OCH3 is 1. The molecule has 0 saturated heterocycles. The van der Waals surface area contributed by atoms with E-state index in [0.717, 1.165) is 39.7 Å². The SMILES string of the molecule is CCn1c(COc2cccc(OC)c2)cc2c(Cl)cccc21. The zero-order chi connectivity index (χ0) is 15.5. The van der Waals surface area contributed by atoms with E-state index in [0.29, 0.717) is 6.61 Å². The van der Waals surface area contributed by atoms with Gasteiger partial charge in [0, 0.05) is 28.5 Å². The van der Waals surface area contributed by atoms with Crippen LogP contribution in [-0.2, 0) is 13.2 Å². The lowest BCUT2D eigenvalue weighted by Gasteiger charge is -2.10. The van der Waals surface area contributed by atoms with E-state index < -0.39 is 0 Å². The van der Waals surface area contributed by atoms with Crippen molar-refractivity contribution in [2.24, 2.45) is 0 Å². The van der Waals surface area contributed by atoms with Gasteiger partial charge in [0.25, 0.3) is 0 Å². The number of aromatic nitrogens is 1. The maximum absolute atomic E-state index is 6.29. The Morgan fingerprint density at radius 3 is 2.59 bits per heavy atom. The van der Waals surface area contributed by atoms with Crippen molar-refractivity contribution < 1.29 is 9.47 Å². The fourth-order valence-corrected chi connectivity index (χ4v) is 2.87. The monoisotopic (exact) mass is 315 g/mol. The van der Waals surface area contributed by atoms with Gasteiger partial charge in [-0.3, -0.25) is 0 Å². The summed E-state index contributed by atoms with van der Waals surface area (Å²) in [6.45, 7) is 3.49. The van der Waals surface area contributed by atoms with Crippen LogP contribution in [0.15, 0.2) is 48.5 Å². The van der Waals surface area contributed by atoms with Crippen molar-refractivity contribution >= 4 is 22.5 Å². The number of benzene rings is 2. The van der Waals surface area contributed by atoms with Gasteiger partial charge in [0.1, 0.15) is 18.1 Å². The molecule has 1 heterocycles. The molecule has 0 radical (unpaired) electrons. The first-order chi connectivity index (χ1) is 10.7. The zero-order valence-corrected chi connectivity index (χ0v) is 13.4. The Morgan fingerprint density at radius 1 is 1.05 bits per heavy atom. The molecule has 2 aromatic carbocycles. The van der Waals surface area contributed by atoms with Gasteiger partial charge in [-0.2, -0.15) is 0 Å². The lowest BCUT2D eigenvalue weighted by Crippen LogP contribution is -2.04. The van der Waals surface area contributed by atoms with Gasteiger partial charge in [0.2, 0.25) is 0 Å². The average Bonchev–Trinajstić information content (AvgIpc) is 2.92. The Morgan fingerprint density at radius 2 is 1.82 bits per heavy atom. The van der Waals surface area contributed by atoms with Crippen LogP contribution in [0.25, 0.3) is 10.9 Å². The number of hydrogen-bond acceptors (Lipinski definition) is 2. The minimum absolute atomic E-state index is 0.492. The fourth-order valence-electron chi connectivity index (χ4n) is 2.64.